The third-order valence-corrected chi connectivity index (χ3v) is 3.87. The number of nitrogens with two attached hydrogens (primary N) is 2. The molecule has 90 valence electrons. The van der Waals surface area contributed by atoms with Gasteiger partial charge < -0.3 is 16.5 Å². The summed E-state index contributed by atoms with van der Waals surface area (Å²) in [6, 6.07) is 10.0. The molecule has 0 saturated carbocycles. The van der Waals surface area contributed by atoms with Gasteiger partial charge >= 0.3 is 0 Å². The number of fused-ring (bicyclic) bond motifs is 1. The minimum Gasteiger partial charge on any atom is -0.368 e. The van der Waals surface area contributed by atoms with Crippen LogP contribution in [0.5, 0.6) is 0 Å². The van der Waals surface area contributed by atoms with Crippen LogP contribution in [0.25, 0.3) is 10.9 Å². The molecule has 1 aromatic heterocycles. The van der Waals surface area contributed by atoms with E-state index in [9.17, 15) is 4.79 Å². The van der Waals surface area contributed by atoms with E-state index in [0.717, 1.165) is 15.9 Å². The summed E-state index contributed by atoms with van der Waals surface area (Å²) in [6.45, 7) is 1.64. The third-order valence-electron chi connectivity index (χ3n) is 2.60. The maximum absolute atomic E-state index is 11.1. The zero-order valence-electron chi connectivity index (χ0n) is 9.57. The van der Waals surface area contributed by atoms with Crippen LogP contribution in [0.1, 0.15) is 6.92 Å². The van der Waals surface area contributed by atoms with Gasteiger partial charge in [-0.3, -0.25) is 4.79 Å². The van der Waals surface area contributed by atoms with Gasteiger partial charge in [0.2, 0.25) is 5.91 Å². The molecule has 0 saturated heterocycles. The zero-order valence-corrected chi connectivity index (χ0v) is 10.4. The molecule has 0 radical (unpaired) electrons. The molecule has 5 N–H and O–H groups in total. The van der Waals surface area contributed by atoms with Crippen LogP contribution in [0, 0.1) is 0 Å². The first-order valence-electron chi connectivity index (χ1n) is 5.28. The van der Waals surface area contributed by atoms with Gasteiger partial charge in [-0.05, 0) is 19.1 Å². The highest BCUT2D eigenvalue weighted by atomic mass is 32.2. The second-order valence-electron chi connectivity index (χ2n) is 4.29. The van der Waals surface area contributed by atoms with Gasteiger partial charge in [0.25, 0.3) is 0 Å². The monoisotopic (exact) mass is 249 g/mol. The predicted octanol–water partition coefficient (Wildman–Crippen LogP) is 1.46. The molecule has 2 rings (SSSR count). The Kier molecular flexibility index (Phi) is 3.13. The number of H-pyrrole nitrogens is 1. The first-order chi connectivity index (χ1) is 7.99. The number of aromatic amines is 1. The molecule has 0 spiro atoms. The van der Waals surface area contributed by atoms with Crippen molar-refractivity contribution in [3.8, 4) is 0 Å². The van der Waals surface area contributed by atoms with Crippen molar-refractivity contribution in [2.24, 2.45) is 11.5 Å². The van der Waals surface area contributed by atoms with E-state index in [1.165, 1.54) is 11.8 Å². The van der Waals surface area contributed by atoms with Gasteiger partial charge in [0.15, 0.2) is 0 Å². The number of nitrogens with one attached hydrogen (secondary N) is 1. The molecular formula is C12H15N3OS. The molecule has 1 atom stereocenters. The lowest BCUT2D eigenvalue weighted by Gasteiger charge is -2.18. The number of aromatic nitrogens is 1. The Morgan fingerprint density at radius 1 is 1.47 bits per heavy atom. The van der Waals surface area contributed by atoms with Crippen molar-refractivity contribution in [3.05, 3.63) is 30.3 Å². The second kappa shape index (κ2) is 4.43. The average Bonchev–Trinajstić information content (AvgIpc) is 2.69. The van der Waals surface area contributed by atoms with E-state index in [1.54, 1.807) is 6.92 Å². The molecule has 1 unspecified atom stereocenters. The highest BCUT2D eigenvalue weighted by molar-refractivity contribution is 7.99. The summed E-state index contributed by atoms with van der Waals surface area (Å²) in [5.41, 5.74) is 11.1. The SMILES string of the molecule is CC(N)(CSc1cc2ccccc2[nH]1)C(N)=O. The van der Waals surface area contributed by atoms with Gasteiger partial charge in [-0.15, -0.1) is 11.8 Å². The topological polar surface area (TPSA) is 84.9 Å². The Bertz CT molecular complexity index is 514. The number of benzene rings is 1. The molecule has 0 aliphatic rings. The minimum atomic E-state index is -0.984. The fourth-order valence-electron chi connectivity index (χ4n) is 1.42. The van der Waals surface area contributed by atoms with Crippen molar-refractivity contribution >= 4 is 28.6 Å². The zero-order chi connectivity index (χ0) is 12.5. The molecule has 0 aliphatic heterocycles. The molecule has 1 aromatic carbocycles. The van der Waals surface area contributed by atoms with Crippen LogP contribution in [-0.4, -0.2) is 22.2 Å². The van der Waals surface area contributed by atoms with E-state index in [4.69, 9.17) is 11.5 Å². The first kappa shape index (κ1) is 12.0. The molecule has 0 aliphatic carbocycles. The number of amides is 1. The number of hydrogen-bond acceptors (Lipinski definition) is 3. The predicted molar refractivity (Wildman–Crippen MR) is 70.8 cm³/mol. The molecule has 2 aromatic rings. The molecule has 4 nitrogen and oxygen atoms in total. The Balaban J connectivity index is 2.12. The number of carbonyl (C=O) groups excluding carboxylic acids is 1. The number of carbonyl (C=O) groups is 1. The van der Waals surface area contributed by atoms with Gasteiger partial charge in [-0.25, -0.2) is 0 Å². The summed E-state index contributed by atoms with van der Waals surface area (Å²) in [6.07, 6.45) is 0. The lowest BCUT2D eigenvalue weighted by Crippen LogP contribution is -2.51. The van der Waals surface area contributed by atoms with Crippen LogP contribution in [0.15, 0.2) is 35.4 Å². The molecule has 0 fully saturated rings. The Morgan fingerprint density at radius 3 is 2.82 bits per heavy atom. The molecule has 17 heavy (non-hydrogen) atoms. The number of hydrogen-bond donors (Lipinski definition) is 3. The Labute approximate surface area is 104 Å². The summed E-state index contributed by atoms with van der Waals surface area (Å²) in [4.78, 5) is 14.4. The molecule has 0 bridgehead atoms. The maximum Gasteiger partial charge on any atom is 0.238 e. The number of thioether (sulfide) groups is 1. The first-order valence-corrected chi connectivity index (χ1v) is 6.27. The van der Waals surface area contributed by atoms with Crippen LogP contribution < -0.4 is 11.5 Å². The van der Waals surface area contributed by atoms with Crippen molar-refractivity contribution in [3.63, 3.8) is 0 Å². The molecule has 1 heterocycles. The standard InChI is InChI=1S/C12H15N3OS/c1-12(14,11(13)16)7-17-10-6-8-4-2-3-5-9(8)15-10/h2-6,15H,7,14H2,1H3,(H2,13,16). The highest BCUT2D eigenvalue weighted by Crippen LogP contribution is 2.25. The number of rotatable bonds is 4. The van der Waals surface area contributed by atoms with E-state index < -0.39 is 11.4 Å². The number of primary amides is 1. The van der Waals surface area contributed by atoms with E-state index in [2.05, 4.69) is 4.98 Å². The van der Waals surface area contributed by atoms with Crippen molar-refractivity contribution in [1.29, 1.82) is 0 Å². The van der Waals surface area contributed by atoms with Crippen LogP contribution in [0.2, 0.25) is 0 Å². The Morgan fingerprint density at radius 2 is 2.18 bits per heavy atom. The van der Waals surface area contributed by atoms with E-state index in [-0.39, 0.29) is 0 Å². The smallest absolute Gasteiger partial charge is 0.238 e. The van der Waals surface area contributed by atoms with E-state index in [0.29, 0.717) is 5.75 Å². The van der Waals surface area contributed by atoms with Crippen molar-refractivity contribution in [1.82, 2.24) is 4.98 Å². The average molecular weight is 249 g/mol. The molecule has 1 amide bonds. The molecular weight excluding hydrogens is 234 g/mol. The lowest BCUT2D eigenvalue weighted by molar-refractivity contribution is -0.121. The van der Waals surface area contributed by atoms with E-state index >= 15 is 0 Å². The van der Waals surface area contributed by atoms with Gasteiger partial charge in [-0.2, -0.15) is 0 Å². The van der Waals surface area contributed by atoms with Crippen LogP contribution in [0.3, 0.4) is 0 Å². The highest BCUT2D eigenvalue weighted by Gasteiger charge is 2.25. The van der Waals surface area contributed by atoms with Gasteiger partial charge in [0.05, 0.1) is 5.03 Å². The van der Waals surface area contributed by atoms with Crippen molar-refractivity contribution in [2.45, 2.75) is 17.5 Å². The minimum absolute atomic E-state index is 0.454. The quantitative estimate of drug-likeness (QED) is 0.717. The van der Waals surface area contributed by atoms with Crippen LogP contribution in [-0.2, 0) is 4.79 Å². The van der Waals surface area contributed by atoms with Gasteiger partial charge in [0, 0.05) is 16.7 Å². The lowest BCUT2D eigenvalue weighted by atomic mass is 10.1. The summed E-state index contributed by atoms with van der Waals surface area (Å²) in [7, 11) is 0. The van der Waals surface area contributed by atoms with Crippen LogP contribution in [0.4, 0.5) is 0 Å². The van der Waals surface area contributed by atoms with Crippen molar-refractivity contribution < 1.29 is 4.79 Å². The van der Waals surface area contributed by atoms with Crippen LogP contribution >= 0.6 is 11.8 Å². The summed E-state index contributed by atoms with van der Waals surface area (Å²) in [5.74, 6) is -0.0316. The number of para-hydroxylation sites is 1. The van der Waals surface area contributed by atoms with E-state index in [1.807, 2.05) is 30.3 Å². The normalized spacial score (nSPS) is 14.7. The third kappa shape index (κ3) is 2.62. The fourth-order valence-corrected chi connectivity index (χ4v) is 2.41. The summed E-state index contributed by atoms with van der Waals surface area (Å²) < 4.78 is 0. The maximum atomic E-state index is 11.1. The fraction of sp³-hybridized carbons (Fsp3) is 0.250. The Hall–Kier alpha value is -1.46. The van der Waals surface area contributed by atoms with Gasteiger partial charge in [0.1, 0.15) is 5.54 Å². The van der Waals surface area contributed by atoms with Gasteiger partial charge in [-0.1, -0.05) is 18.2 Å². The summed E-state index contributed by atoms with van der Waals surface area (Å²) in [5, 5.41) is 2.14. The second-order valence-corrected chi connectivity index (χ2v) is 5.31. The van der Waals surface area contributed by atoms with Crippen molar-refractivity contribution in [2.75, 3.05) is 5.75 Å². The largest absolute Gasteiger partial charge is 0.368 e. The summed E-state index contributed by atoms with van der Waals surface area (Å²) >= 11 is 1.50. The molecule has 5 heteroatoms.